The van der Waals surface area contributed by atoms with E-state index in [0.717, 1.165) is 0 Å². The van der Waals surface area contributed by atoms with Gasteiger partial charge in [-0.15, -0.1) is 0 Å². The number of hydrogen-bond donors (Lipinski definition) is 1. The summed E-state index contributed by atoms with van der Waals surface area (Å²) in [5.74, 6) is -0.249. The second-order valence-corrected chi connectivity index (χ2v) is 6.34. The van der Waals surface area contributed by atoms with E-state index < -0.39 is 16.1 Å². The van der Waals surface area contributed by atoms with Gasteiger partial charge in [0.05, 0.1) is 25.5 Å². The van der Waals surface area contributed by atoms with Crippen molar-refractivity contribution < 1.29 is 17.9 Å². The molecule has 1 unspecified atom stereocenters. The van der Waals surface area contributed by atoms with Gasteiger partial charge >= 0.3 is 0 Å². The topological polar surface area (TPSA) is 93.5 Å². The lowest BCUT2D eigenvalue weighted by Crippen LogP contribution is -2.50. The van der Waals surface area contributed by atoms with E-state index in [4.69, 9.17) is 4.74 Å². The predicted molar refractivity (Wildman–Crippen MR) is 70.4 cm³/mol. The van der Waals surface area contributed by atoms with Gasteiger partial charge in [-0.25, -0.2) is 8.42 Å². The first-order valence-electron chi connectivity index (χ1n) is 6.27. The molecule has 1 amide bonds. The molecule has 0 saturated carbocycles. The largest absolute Gasteiger partial charge is 0.378 e. The Bertz CT molecular complexity index is 577. The number of carbonyl (C=O) groups is 1. The van der Waals surface area contributed by atoms with Crippen LogP contribution in [0.5, 0.6) is 0 Å². The molecule has 2 heterocycles. The number of morpholine rings is 1. The Labute approximate surface area is 117 Å². The molecule has 20 heavy (non-hydrogen) atoms. The molecular weight excluding hydrogens is 284 g/mol. The highest BCUT2D eigenvalue weighted by Crippen LogP contribution is 2.08. The third kappa shape index (κ3) is 3.35. The maximum atomic E-state index is 12.1. The molecular formula is C11H18N4O4S. The van der Waals surface area contributed by atoms with E-state index in [2.05, 4.69) is 9.82 Å². The lowest BCUT2D eigenvalue weighted by Gasteiger charge is -2.29. The van der Waals surface area contributed by atoms with E-state index in [1.807, 2.05) is 0 Å². The molecule has 9 heteroatoms. The van der Waals surface area contributed by atoms with Gasteiger partial charge in [0.25, 0.3) is 0 Å². The highest BCUT2D eigenvalue weighted by Gasteiger charge is 2.27. The van der Waals surface area contributed by atoms with Gasteiger partial charge in [-0.05, 0) is 6.92 Å². The van der Waals surface area contributed by atoms with Crippen molar-refractivity contribution in [2.45, 2.75) is 17.9 Å². The van der Waals surface area contributed by atoms with Crippen LogP contribution in [0.25, 0.3) is 0 Å². The quantitative estimate of drug-likeness (QED) is 0.765. The molecule has 0 aliphatic carbocycles. The molecule has 1 aliphatic rings. The second-order valence-electron chi connectivity index (χ2n) is 4.63. The van der Waals surface area contributed by atoms with Crippen molar-refractivity contribution in [3.8, 4) is 0 Å². The number of rotatable bonds is 4. The van der Waals surface area contributed by atoms with Crippen molar-refractivity contribution >= 4 is 15.9 Å². The van der Waals surface area contributed by atoms with E-state index in [9.17, 15) is 13.2 Å². The Hall–Kier alpha value is -1.45. The first-order valence-corrected chi connectivity index (χ1v) is 7.76. The van der Waals surface area contributed by atoms with Crippen molar-refractivity contribution in [2.24, 2.45) is 7.05 Å². The van der Waals surface area contributed by atoms with E-state index >= 15 is 0 Å². The smallest absolute Gasteiger partial charge is 0.244 e. The summed E-state index contributed by atoms with van der Waals surface area (Å²) in [4.78, 5) is 13.8. The van der Waals surface area contributed by atoms with Crippen LogP contribution in [0.3, 0.4) is 0 Å². The Kier molecular flexibility index (Phi) is 4.41. The number of aromatic nitrogens is 2. The first-order chi connectivity index (χ1) is 9.40. The predicted octanol–water partition coefficient (Wildman–Crippen LogP) is -1.05. The van der Waals surface area contributed by atoms with Crippen molar-refractivity contribution in [1.29, 1.82) is 0 Å². The molecule has 1 aliphatic heterocycles. The molecule has 2 rings (SSSR count). The van der Waals surface area contributed by atoms with Gasteiger partial charge in [-0.3, -0.25) is 9.48 Å². The van der Waals surface area contributed by atoms with Gasteiger partial charge in [0.1, 0.15) is 4.90 Å². The van der Waals surface area contributed by atoms with Crippen molar-refractivity contribution in [1.82, 2.24) is 19.4 Å². The Morgan fingerprint density at radius 2 is 2.10 bits per heavy atom. The maximum absolute atomic E-state index is 12.1. The molecule has 0 bridgehead atoms. The zero-order valence-corrected chi connectivity index (χ0v) is 12.3. The van der Waals surface area contributed by atoms with Crippen LogP contribution in [0.4, 0.5) is 0 Å². The van der Waals surface area contributed by atoms with Gasteiger partial charge in [0.2, 0.25) is 15.9 Å². The zero-order chi connectivity index (χ0) is 14.8. The number of sulfonamides is 1. The monoisotopic (exact) mass is 302 g/mol. The molecule has 0 aromatic carbocycles. The highest BCUT2D eigenvalue weighted by molar-refractivity contribution is 7.89. The van der Waals surface area contributed by atoms with E-state index in [1.165, 1.54) is 24.0 Å². The average molecular weight is 302 g/mol. The zero-order valence-electron chi connectivity index (χ0n) is 11.4. The van der Waals surface area contributed by atoms with E-state index in [0.29, 0.717) is 26.3 Å². The highest BCUT2D eigenvalue weighted by atomic mass is 32.2. The first kappa shape index (κ1) is 14.9. The fourth-order valence-electron chi connectivity index (χ4n) is 1.95. The van der Waals surface area contributed by atoms with Gasteiger partial charge in [-0.2, -0.15) is 9.82 Å². The van der Waals surface area contributed by atoms with Crippen LogP contribution >= 0.6 is 0 Å². The summed E-state index contributed by atoms with van der Waals surface area (Å²) in [6, 6.07) is -0.821. The third-order valence-corrected chi connectivity index (χ3v) is 4.51. The summed E-state index contributed by atoms with van der Waals surface area (Å²) in [7, 11) is -2.11. The van der Waals surface area contributed by atoms with Crippen LogP contribution < -0.4 is 4.72 Å². The van der Waals surface area contributed by atoms with Crippen LogP contribution in [0.2, 0.25) is 0 Å². The van der Waals surface area contributed by atoms with Gasteiger partial charge in [-0.1, -0.05) is 0 Å². The number of amides is 1. The molecule has 1 atom stereocenters. The summed E-state index contributed by atoms with van der Waals surface area (Å²) in [6.07, 6.45) is 2.63. The minimum atomic E-state index is -3.73. The standard InChI is InChI=1S/C11H18N4O4S/c1-9(11(16)15-3-5-19-6-4-15)13-20(17,18)10-7-12-14(2)8-10/h7-9,13H,3-6H2,1-2H3. The van der Waals surface area contributed by atoms with Crippen LogP contribution in [-0.2, 0) is 26.6 Å². The lowest BCUT2D eigenvalue weighted by atomic mass is 10.3. The van der Waals surface area contributed by atoms with Crippen molar-refractivity contribution in [2.75, 3.05) is 26.3 Å². The summed E-state index contributed by atoms with van der Waals surface area (Å²) in [5, 5.41) is 3.81. The summed E-state index contributed by atoms with van der Waals surface area (Å²) < 4.78 is 33.1. The third-order valence-electron chi connectivity index (χ3n) is 3.02. The van der Waals surface area contributed by atoms with Crippen molar-refractivity contribution in [3.63, 3.8) is 0 Å². The average Bonchev–Trinajstić information content (AvgIpc) is 2.86. The molecule has 1 saturated heterocycles. The summed E-state index contributed by atoms with van der Waals surface area (Å²) >= 11 is 0. The molecule has 112 valence electrons. The molecule has 1 N–H and O–H groups in total. The Balaban J connectivity index is 2.03. The molecule has 1 aromatic heterocycles. The van der Waals surface area contributed by atoms with Gasteiger partial charge < -0.3 is 9.64 Å². The van der Waals surface area contributed by atoms with Crippen LogP contribution in [0.1, 0.15) is 6.92 Å². The van der Waals surface area contributed by atoms with Gasteiger partial charge in [0.15, 0.2) is 0 Å². The van der Waals surface area contributed by atoms with E-state index in [1.54, 1.807) is 11.9 Å². The SMILES string of the molecule is CC(NS(=O)(=O)c1cnn(C)c1)C(=O)N1CCOCC1. The number of hydrogen-bond acceptors (Lipinski definition) is 5. The number of carbonyl (C=O) groups excluding carboxylic acids is 1. The number of nitrogens with zero attached hydrogens (tertiary/aromatic N) is 3. The fourth-order valence-corrected chi connectivity index (χ4v) is 3.13. The molecule has 1 fully saturated rings. The van der Waals surface area contributed by atoms with Crippen LogP contribution in [-0.4, -0.2) is 61.4 Å². The maximum Gasteiger partial charge on any atom is 0.244 e. The Morgan fingerprint density at radius 3 is 2.65 bits per heavy atom. The minimum Gasteiger partial charge on any atom is -0.378 e. The number of nitrogens with one attached hydrogen (secondary N) is 1. The molecule has 8 nitrogen and oxygen atoms in total. The summed E-state index contributed by atoms with van der Waals surface area (Å²) in [6.45, 7) is 3.46. The van der Waals surface area contributed by atoms with Crippen molar-refractivity contribution in [3.05, 3.63) is 12.4 Å². The van der Waals surface area contributed by atoms with Crippen LogP contribution in [0.15, 0.2) is 17.3 Å². The second kappa shape index (κ2) is 5.90. The van der Waals surface area contributed by atoms with Gasteiger partial charge in [0, 0.05) is 26.3 Å². The number of aryl methyl sites for hydroxylation is 1. The molecule has 0 radical (unpaired) electrons. The van der Waals surface area contributed by atoms with Crippen LogP contribution in [0, 0.1) is 0 Å². The molecule has 0 spiro atoms. The lowest BCUT2D eigenvalue weighted by molar-refractivity contribution is -0.136. The normalized spacial score (nSPS) is 18.0. The summed E-state index contributed by atoms with van der Waals surface area (Å²) in [5.41, 5.74) is 0. The van der Waals surface area contributed by atoms with E-state index in [-0.39, 0.29) is 10.8 Å². The molecule has 1 aromatic rings. The fraction of sp³-hybridized carbons (Fsp3) is 0.636. The number of ether oxygens (including phenoxy) is 1. The Morgan fingerprint density at radius 1 is 1.45 bits per heavy atom. The minimum absolute atomic E-state index is 0.0432.